The second-order valence-corrected chi connectivity index (χ2v) is 4.07. The Morgan fingerprint density at radius 1 is 0.938 bits per heavy atom. The van der Waals surface area contributed by atoms with Gasteiger partial charge in [-0.2, -0.15) is 15.0 Å². The lowest BCUT2D eigenvalue weighted by Gasteiger charge is -2.02. The molecule has 0 bridgehead atoms. The van der Waals surface area contributed by atoms with Gasteiger partial charge in [0.1, 0.15) is 0 Å². The van der Waals surface area contributed by atoms with Crippen molar-refractivity contribution >= 4 is 40.8 Å². The van der Waals surface area contributed by atoms with Crippen LogP contribution in [0, 0.1) is 0 Å². The summed E-state index contributed by atoms with van der Waals surface area (Å²) in [5.74, 6) is 0.414. The van der Waals surface area contributed by atoms with E-state index in [9.17, 15) is 0 Å². The Hall–Kier alpha value is -1.10. The molecule has 0 unspecified atom stereocenters. The summed E-state index contributed by atoms with van der Waals surface area (Å²) in [7, 11) is 0. The van der Waals surface area contributed by atoms with Crippen molar-refractivity contribution in [2.45, 2.75) is 0 Å². The van der Waals surface area contributed by atoms with Crippen LogP contribution in [0.4, 0.5) is 5.95 Å². The van der Waals surface area contributed by atoms with Crippen LogP contribution in [0.1, 0.15) is 0 Å². The Labute approximate surface area is 106 Å². The third-order valence-electron chi connectivity index (χ3n) is 1.80. The SMILES string of the molecule is Nc1nc(Cl)nc(-c2ccc(Cl)c(Cl)c2)n1. The van der Waals surface area contributed by atoms with Crippen LogP contribution in [-0.4, -0.2) is 15.0 Å². The average Bonchev–Trinajstić information content (AvgIpc) is 2.20. The minimum absolute atomic E-state index is 0.0357. The van der Waals surface area contributed by atoms with Crippen LogP contribution in [0.25, 0.3) is 11.4 Å². The number of nitrogens with zero attached hydrogens (tertiary/aromatic N) is 3. The summed E-state index contributed by atoms with van der Waals surface area (Å²) in [6, 6.07) is 5.00. The van der Waals surface area contributed by atoms with Crippen LogP contribution in [0.2, 0.25) is 15.3 Å². The second-order valence-electron chi connectivity index (χ2n) is 2.92. The molecule has 0 fully saturated rings. The summed E-state index contributed by atoms with van der Waals surface area (Å²) >= 11 is 17.3. The molecule has 0 spiro atoms. The van der Waals surface area contributed by atoms with Crippen molar-refractivity contribution < 1.29 is 0 Å². The van der Waals surface area contributed by atoms with Crippen LogP contribution in [0.5, 0.6) is 0 Å². The van der Waals surface area contributed by atoms with Crippen molar-refractivity contribution in [3.8, 4) is 11.4 Å². The molecule has 0 aliphatic carbocycles. The molecule has 16 heavy (non-hydrogen) atoms. The maximum Gasteiger partial charge on any atom is 0.227 e. The lowest BCUT2D eigenvalue weighted by Crippen LogP contribution is -1.99. The fraction of sp³-hybridized carbons (Fsp3) is 0. The zero-order chi connectivity index (χ0) is 11.7. The zero-order valence-corrected chi connectivity index (χ0v) is 10.1. The van der Waals surface area contributed by atoms with Gasteiger partial charge in [-0.3, -0.25) is 0 Å². The maximum absolute atomic E-state index is 5.88. The van der Waals surface area contributed by atoms with E-state index in [1.807, 2.05) is 0 Å². The Morgan fingerprint density at radius 3 is 2.31 bits per heavy atom. The molecule has 82 valence electrons. The molecule has 7 heteroatoms. The molecule has 4 nitrogen and oxygen atoms in total. The summed E-state index contributed by atoms with van der Waals surface area (Å²) in [4.78, 5) is 11.5. The molecular weight excluding hydrogens is 270 g/mol. The number of nitrogen functional groups attached to an aromatic ring is 1. The summed E-state index contributed by atoms with van der Waals surface area (Å²) in [6.07, 6.45) is 0. The van der Waals surface area contributed by atoms with E-state index in [1.54, 1.807) is 18.2 Å². The number of nitrogens with two attached hydrogens (primary N) is 1. The van der Waals surface area contributed by atoms with Crippen molar-refractivity contribution in [3.05, 3.63) is 33.5 Å². The summed E-state index contributed by atoms with van der Waals surface area (Å²) < 4.78 is 0. The number of halogens is 3. The van der Waals surface area contributed by atoms with Gasteiger partial charge in [0.2, 0.25) is 11.2 Å². The normalized spacial score (nSPS) is 10.4. The summed E-state index contributed by atoms with van der Waals surface area (Å²) in [5.41, 5.74) is 6.13. The molecule has 0 atom stereocenters. The van der Waals surface area contributed by atoms with E-state index >= 15 is 0 Å². The summed E-state index contributed by atoms with van der Waals surface area (Å²) in [6.45, 7) is 0. The lowest BCUT2D eigenvalue weighted by molar-refractivity contribution is 1.07. The number of anilines is 1. The Balaban J connectivity index is 2.54. The Bertz CT molecular complexity index is 524. The van der Waals surface area contributed by atoms with E-state index in [4.69, 9.17) is 40.5 Å². The van der Waals surface area contributed by atoms with Gasteiger partial charge in [0, 0.05) is 5.56 Å². The third kappa shape index (κ3) is 2.35. The fourth-order valence-corrected chi connectivity index (χ4v) is 1.59. The Morgan fingerprint density at radius 2 is 1.69 bits per heavy atom. The van der Waals surface area contributed by atoms with Crippen molar-refractivity contribution in [1.82, 2.24) is 15.0 Å². The van der Waals surface area contributed by atoms with Crippen LogP contribution < -0.4 is 5.73 Å². The van der Waals surface area contributed by atoms with Gasteiger partial charge in [-0.05, 0) is 29.8 Å². The summed E-state index contributed by atoms with van der Waals surface area (Å²) in [5, 5.41) is 0.904. The molecule has 0 saturated heterocycles. The average molecular weight is 276 g/mol. The van der Waals surface area contributed by atoms with Gasteiger partial charge < -0.3 is 5.73 Å². The van der Waals surface area contributed by atoms with Crippen molar-refractivity contribution in [3.63, 3.8) is 0 Å². The monoisotopic (exact) mass is 274 g/mol. The van der Waals surface area contributed by atoms with Gasteiger partial charge in [0.05, 0.1) is 10.0 Å². The standard InChI is InChI=1S/C9H5Cl3N4/c10-5-2-1-4(3-6(5)11)7-14-8(12)16-9(13)15-7/h1-3H,(H2,13,14,15,16). The number of rotatable bonds is 1. The first-order valence-electron chi connectivity index (χ1n) is 4.19. The van der Waals surface area contributed by atoms with E-state index < -0.39 is 0 Å². The van der Waals surface area contributed by atoms with E-state index in [0.29, 0.717) is 21.4 Å². The molecule has 2 aromatic rings. The third-order valence-corrected chi connectivity index (χ3v) is 2.71. The first-order valence-corrected chi connectivity index (χ1v) is 5.32. The number of hydrogen-bond donors (Lipinski definition) is 1. The van der Waals surface area contributed by atoms with Gasteiger partial charge in [-0.15, -0.1) is 0 Å². The maximum atomic E-state index is 5.88. The molecule has 0 amide bonds. The minimum atomic E-state index is 0.0357. The highest BCUT2D eigenvalue weighted by Crippen LogP contribution is 2.27. The van der Waals surface area contributed by atoms with Gasteiger partial charge >= 0.3 is 0 Å². The first kappa shape index (κ1) is 11.4. The van der Waals surface area contributed by atoms with Crippen LogP contribution in [0.15, 0.2) is 18.2 Å². The highest BCUT2D eigenvalue weighted by atomic mass is 35.5. The van der Waals surface area contributed by atoms with E-state index in [2.05, 4.69) is 15.0 Å². The highest BCUT2D eigenvalue weighted by molar-refractivity contribution is 6.42. The van der Waals surface area contributed by atoms with Gasteiger partial charge in [-0.25, -0.2) is 0 Å². The smallest absolute Gasteiger partial charge is 0.227 e. The molecule has 0 radical (unpaired) electrons. The largest absolute Gasteiger partial charge is 0.368 e. The molecule has 0 saturated carbocycles. The minimum Gasteiger partial charge on any atom is -0.368 e. The van der Waals surface area contributed by atoms with E-state index in [1.165, 1.54) is 0 Å². The zero-order valence-electron chi connectivity index (χ0n) is 7.78. The van der Waals surface area contributed by atoms with E-state index in [-0.39, 0.29) is 11.2 Å². The molecule has 0 aliphatic rings. The predicted molar refractivity (Wildman–Crippen MR) is 64.7 cm³/mol. The molecule has 0 aliphatic heterocycles. The van der Waals surface area contributed by atoms with Gasteiger partial charge in [-0.1, -0.05) is 23.2 Å². The van der Waals surface area contributed by atoms with Gasteiger partial charge in [0.15, 0.2) is 5.82 Å². The molecule has 1 aromatic heterocycles. The van der Waals surface area contributed by atoms with Gasteiger partial charge in [0.25, 0.3) is 0 Å². The molecule has 2 rings (SSSR count). The van der Waals surface area contributed by atoms with Crippen LogP contribution >= 0.6 is 34.8 Å². The highest BCUT2D eigenvalue weighted by Gasteiger charge is 2.07. The molecule has 2 N–H and O–H groups in total. The second kappa shape index (κ2) is 4.41. The lowest BCUT2D eigenvalue weighted by atomic mass is 10.2. The number of aromatic nitrogens is 3. The van der Waals surface area contributed by atoms with Crippen LogP contribution in [-0.2, 0) is 0 Å². The van der Waals surface area contributed by atoms with Crippen molar-refractivity contribution in [1.29, 1.82) is 0 Å². The molecule has 1 heterocycles. The number of benzene rings is 1. The molecule has 1 aromatic carbocycles. The Kier molecular flexibility index (Phi) is 3.14. The van der Waals surface area contributed by atoms with Crippen molar-refractivity contribution in [2.75, 3.05) is 5.73 Å². The topological polar surface area (TPSA) is 64.7 Å². The van der Waals surface area contributed by atoms with Crippen LogP contribution in [0.3, 0.4) is 0 Å². The number of hydrogen-bond acceptors (Lipinski definition) is 4. The van der Waals surface area contributed by atoms with E-state index in [0.717, 1.165) is 0 Å². The fourth-order valence-electron chi connectivity index (χ4n) is 1.13. The predicted octanol–water partition coefficient (Wildman–Crippen LogP) is 3.08. The van der Waals surface area contributed by atoms with Crippen molar-refractivity contribution in [2.24, 2.45) is 0 Å². The first-order chi connectivity index (χ1) is 7.56. The molecular formula is C9H5Cl3N4. The quantitative estimate of drug-likeness (QED) is 0.868.